The Labute approximate surface area is 162 Å². The molecule has 138 valence electrons. The zero-order valence-electron chi connectivity index (χ0n) is 13.8. The van der Waals surface area contributed by atoms with Crippen LogP contribution in [0.1, 0.15) is 20.0 Å². The van der Waals surface area contributed by atoms with Gasteiger partial charge in [-0.05, 0) is 60.0 Å². The van der Waals surface area contributed by atoms with E-state index in [0.717, 1.165) is 0 Å². The van der Waals surface area contributed by atoms with Gasteiger partial charge in [0.05, 0.1) is 4.88 Å². The van der Waals surface area contributed by atoms with Gasteiger partial charge in [-0.3, -0.25) is 9.59 Å². The van der Waals surface area contributed by atoms with Crippen LogP contribution in [0, 0.1) is 0 Å². The molecular formula is C19H14F2N2O2S2. The molecule has 0 atom stereocenters. The molecule has 0 unspecified atom stereocenters. The predicted octanol–water partition coefficient (Wildman–Crippen LogP) is 5.57. The van der Waals surface area contributed by atoms with Crippen molar-refractivity contribution in [2.45, 2.75) is 10.7 Å². The Kier molecular flexibility index (Phi) is 6.20. The second-order valence-corrected chi connectivity index (χ2v) is 7.38. The average Bonchev–Trinajstić information content (AvgIpc) is 3.18. The Morgan fingerprint density at radius 3 is 2.00 bits per heavy atom. The van der Waals surface area contributed by atoms with E-state index in [1.807, 2.05) is 5.38 Å². The second kappa shape index (κ2) is 8.79. The van der Waals surface area contributed by atoms with Gasteiger partial charge in [-0.15, -0.1) is 11.3 Å². The molecule has 0 saturated heterocycles. The van der Waals surface area contributed by atoms with Gasteiger partial charge in [0.15, 0.2) is 0 Å². The molecule has 0 saturated carbocycles. The molecule has 2 N–H and O–H groups in total. The lowest BCUT2D eigenvalue weighted by molar-refractivity contribution is 0.102. The monoisotopic (exact) mass is 404 g/mol. The van der Waals surface area contributed by atoms with E-state index in [1.54, 1.807) is 48.5 Å². The molecule has 3 aromatic rings. The Hall–Kier alpha value is -2.71. The third-order valence-electron chi connectivity index (χ3n) is 3.49. The Morgan fingerprint density at radius 2 is 1.44 bits per heavy atom. The second-order valence-electron chi connectivity index (χ2n) is 5.37. The molecular weight excluding hydrogens is 390 g/mol. The standard InChI is InChI=1S/C19H14F2N2O2S2/c20-19(21)27-15-9-7-14(8-10-15)22-17(24)12-3-5-13(6-4-12)23-18(25)16-2-1-11-26-16/h1-11,19H,(H,22,24)(H,23,25). The van der Waals surface area contributed by atoms with Gasteiger partial charge in [-0.2, -0.15) is 8.78 Å². The number of carbonyl (C=O) groups is 2. The van der Waals surface area contributed by atoms with E-state index in [9.17, 15) is 18.4 Å². The number of benzene rings is 2. The molecule has 2 aromatic carbocycles. The van der Waals surface area contributed by atoms with Crippen LogP contribution in [0.4, 0.5) is 20.2 Å². The largest absolute Gasteiger partial charge is 0.322 e. The van der Waals surface area contributed by atoms with Gasteiger partial charge in [0, 0.05) is 21.8 Å². The van der Waals surface area contributed by atoms with E-state index in [-0.39, 0.29) is 11.8 Å². The van der Waals surface area contributed by atoms with Crippen LogP contribution in [-0.2, 0) is 0 Å². The van der Waals surface area contributed by atoms with E-state index in [2.05, 4.69) is 10.6 Å². The molecule has 1 heterocycles. The van der Waals surface area contributed by atoms with Crippen molar-refractivity contribution in [1.82, 2.24) is 0 Å². The number of anilines is 2. The Bertz CT molecular complexity index is 912. The number of amides is 2. The fourth-order valence-corrected chi connectivity index (χ4v) is 3.35. The highest BCUT2D eigenvalue weighted by atomic mass is 32.2. The normalized spacial score (nSPS) is 10.6. The number of rotatable bonds is 6. The van der Waals surface area contributed by atoms with Crippen LogP contribution in [0.3, 0.4) is 0 Å². The molecule has 0 spiro atoms. The summed E-state index contributed by atoms with van der Waals surface area (Å²) >= 11 is 1.79. The maximum absolute atomic E-state index is 12.3. The van der Waals surface area contributed by atoms with Crippen LogP contribution < -0.4 is 10.6 Å². The number of halogens is 2. The van der Waals surface area contributed by atoms with Crippen molar-refractivity contribution in [3.05, 3.63) is 76.5 Å². The van der Waals surface area contributed by atoms with Crippen molar-refractivity contribution in [1.29, 1.82) is 0 Å². The van der Waals surface area contributed by atoms with E-state index < -0.39 is 5.76 Å². The van der Waals surface area contributed by atoms with E-state index in [4.69, 9.17) is 0 Å². The highest BCUT2D eigenvalue weighted by Crippen LogP contribution is 2.26. The van der Waals surface area contributed by atoms with Gasteiger partial charge < -0.3 is 10.6 Å². The number of alkyl halides is 2. The molecule has 2 amide bonds. The lowest BCUT2D eigenvalue weighted by atomic mass is 10.2. The first-order chi connectivity index (χ1) is 13.0. The first-order valence-corrected chi connectivity index (χ1v) is 9.58. The van der Waals surface area contributed by atoms with Gasteiger partial charge in [0.1, 0.15) is 0 Å². The summed E-state index contributed by atoms with van der Waals surface area (Å²) < 4.78 is 24.6. The summed E-state index contributed by atoms with van der Waals surface area (Å²) in [5, 5.41) is 7.28. The van der Waals surface area contributed by atoms with Crippen molar-refractivity contribution >= 4 is 46.3 Å². The molecule has 27 heavy (non-hydrogen) atoms. The summed E-state index contributed by atoms with van der Waals surface area (Å²) in [5.41, 5.74) is 1.50. The van der Waals surface area contributed by atoms with E-state index in [0.29, 0.717) is 38.5 Å². The maximum atomic E-state index is 12.3. The Morgan fingerprint density at radius 1 is 0.852 bits per heavy atom. The first-order valence-electron chi connectivity index (χ1n) is 7.82. The molecule has 0 bridgehead atoms. The molecule has 0 aliphatic heterocycles. The SMILES string of the molecule is O=C(Nc1ccc(SC(F)F)cc1)c1ccc(NC(=O)c2cccs2)cc1. The number of hydrogen-bond donors (Lipinski definition) is 2. The molecule has 4 nitrogen and oxygen atoms in total. The topological polar surface area (TPSA) is 58.2 Å². The van der Waals surface area contributed by atoms with E-state index in [1.165, 1.54) is 23.5 Å². The fourth-order valence-electron chi connectivity index (χ4n) is 2.23. The van der Waals surface area contributed by atoms with Crippen molar-refractivity contribution in [3.8, 4) is 0 Å². The molecule has 8 heteroatoms. The summed E-state index contributed by atoms with van der Waals surface area (Å²) in [5.74, 6) is -3.02. The summed E-state index contributed by atoms with van der Waals surface area (Å²) in [6.45, 7) is 0. The first kappa shape index (κ1) is 19.1. The summed E-state index contributed by atoms with van der Waals surface area (Å²) in [7, 11) is 0. The number of hydrogen-bond acceptors (Lipinski definition) is 4. The number of carbonyl (C=O) groups excluding carboxylic acids is 2. The van der Waals surface area contributed by atoms with Crippen LogP contribution >= 0.6 is 23.1 Å². The lowest BCUT2D eigenvalue weighted by Gasteiger charge is -2.08. The predicted molar refractivity (Wildman–Crippen MR) is 105 cm³/mol. The van der Waals surface area contributed by atoms with Crippen LogP contribution in [-0.4, -0.2) is 17.6 Å². The van der Waals surface area contributed by atoms with Crippen molar-refractivity contribution in [2.75, 3.05) is 10.6 Å². The minimum atomic E-state index is -2.48. The minimum Gasteiger partial charge on any atom is -0.322 e. The average molecular weight is 404 g/mol. The molecule has 1 aromatic heterocycles. The maximum Gasteiger partial charge on any atom is 0.288 e. The van der Waals surface area contributed by atoms with Gasteiger partial charge in [-0.1, -0.05) is 17.8 Å². The van der Waals surface area contributed by atoms with Crippen LogP contribution in [0.15, 0.2) is 70.9 Å². The Balaban J connectivity index is 1.59. The van der Waals surface area contributed by atoms with Crippen molar-refractivity contribution < 1.29 is 18.4 Å². The molecule has 0 radical (unpaired) electrons. The lowest BCUT2D eigenvalue weighted by Crippen LogP contribution is -2.13. The van der Waals surface area contributed by atoms with Gasteiger partial charge in [0.2, 0.25) is 0 Å². The van der Waals surface area contributed by atoms with Crippen LogP contribution in [0.25, 0.3) is 0 Å². The van der Waals surface area contributed by atoms with Crippen LogP contribution in [0.2, 0.25) is 0 Å². The van der Waals surface area contributed by atoms with Crippen molar-refractivity contribution in [3.63, 3.8) is 0 Å². The van der Waals surface area contributed by atoms with E-state index >= 15 is 0 Å². The third kappa shape index (κ3) is 5.38. The molecule has 3 rings (SSSR count). The number of nitrogens with one attached hydrogen (secondary N) is 2. The highest BCUT2D eigenvalue weighted by molar-refractivity contribution is 7.99. The highest BCUT2D eigenvalue weighted by Gasteiger charge is 2.10. The van der Waals surface area contributed by atoms with Gasteiger partial charge in [0.25, 0.3) is 17.6 Å². The third-order valence-corrected chi connectivity index (χ3v) is 5.08. The summed E-state index contributed by atoms with van der Waals surface area (Å²) in [6.07, 6.45) is 0. The fraction of sp³-hybridized carbons (Fsp3) is 0.0526. The smallest absolute Gasteiger partial charge is 0.288 e. The minimum absolute atomic E-state index is 0.205. The molecule has 0 aliphatic carbocycles. The number of thioether (sulfide) groups is 1. The molecule has 0 aliphatic rings. The van der Waals surface area contributed by atoms with Gasteiger partial charge >= 0.3 is 0 Å². The number of thiophene rings is 1. The van der Waals surface area contributed by atoms with Crippen molar-refractivity contribution in [2.24, 2.45) is 0 Å². The quantitative estimate of drug-likeness (QED) is 0.528. The van der Waals surface area contributed by atoms with Gasteiger partial charge in [-0.25, -0.2) is 0 Å². The summed E-state index contributed by atoms with van der Waals surface area (Å²) in [6, 6.07) is 16.2. The summed E-state index contributed by atoms with van der Waals surface area (Å²) in [4.78, 5) is 25.3. The molecule has 0 fully saturated rings. The van der Waals surface area contributed by atoms with Crippen LogP contribution in [0.5, 0.6) is 0 Å². The zero-order chi connectivity index (χ0) is 19.2. The zero-order valence-corrected chi connectivity index (χ0v) is 15.5.